The van der Waals surface area contributed by atoms with Crippen LogP contribution in [0.25, 0.3) is 11.0 Å². The molecule has 2 amide bonds. The number of nitrogens with one attached hydrogen (secondary N) is 2. The smallest absolute Gasteiger partial charge is 0.259 e. The van der Waals surface area contributed by atoms with E-state index in [0.717, 1.165) is 41.9 Å². The van der Waals surface area contributed by atoms with Gasteiger partial charge < -0.3 is 19.9 Å². The number of hydrogen-bond acceptors (Lipinski definition) is 4. The number of carbonyl (C=O) groups excluding carboxylic acids is 2. The third kappa shape index (κ3) is 4.25. The number of fused-ring (bicyclic) bond motifs is 2. The van der Waals surface area contributed by atoms with E-state index in [0.29, 0.717) is 34.6 Å². The van der Waals surface area contributed by atoms with Crippen molar-refractivity contribution in [2.75, 3.05) is 23.9 Å². The van der Waals surface area contributed by atoms with Crippen molar-refractivity contribution in [2.24, 2.45) is 0 Å². The topological polar surface area (TPSA) is 87.3 Å². The molecule has 0 fully saturated rings. The lowest BCUT2D eigenvalue weighted by atomic mass is 10.0. The standard InChI is InChI=1S/C28H28N4O3/c1-17-8-6-10-19-9-4-5-15-32(26(17)19)28(34)20-13-14-21(24(16-20)35-3)27(33)31-23-12-7-11-22-25(23)30-18(2)29-22/h6-8,10-14,16H,4-5,9,15H2,1-3H3,(H,29,30)(H,31,33). The lowest BCUT2D eigenvalue weighted by Gasteiger charge is -2.25. The number of nitrogens with zero attached hydrogens (tertiary/aromatic N) is 2. The molecule has 1 aromatic heterocycles. The van der Waals surface area contributed by atoms with Crippen LogP contribution in [0.1, 0.15) is 50.5 Å². The van der Waals surface area contributed by atoms with Crippen LogP contribution < -0.4 is 15.0 Å². The average molecular weight is 469 g/mol. The van der Waals surface area contributed by atoms with E-state index in [1.807, 2.05) is 49.1 Å². The summed E-state index contributed by atoms with van der Waals surface area (Å²) in [4.78, 5) is 36.3. The first-order valence-electron chi connectivity index (χ1n) is 11.8. The number of aryl methyl sites for hydroxylation is 3. The summed E-state index contributed by atoms with van der Waals surface area (Å²) in [6.45, 7) is 4.57. The molecule has 0 bridgehead atoms. The lowest BCUT2D eigenvalue weighted by Crippen LogP contribution is -2.32. The van der Waals surface area contributed by atoms with E-state index >= 15 is 0 Å². The maximum Gasteiger partial charge on any atom is 0.259 e. The van der Waals surface area contributed by atoms with Gasteiger partial charge in [-0.25, -0.2) is 4.98 Å². The van der Waals surface area contributed by atoms with E-state index in [1.54, 1.807) is 18.2 Å². The summed E-state index contributed by atoms with van der Waals surface area (Å²) >= 11 is 0. The van der Waals surface area contributed by atoms with Gasteiger partial charge in [0.1, 0.15) is 17.1 Å². The Bertz CT molecular complexity index is 1440. The minimum Gasteiger partial charge on any atom is -0.496 e. The summed E-state index contributed by atoms with van der Waals surface area (Å²) in [5, 5.41) is 2.93. The highest BCUT2D eigenvalue weighted by Gasteiger charge is 2.25. The fourth-order valence-electron chi connectivity index (χ4n) is 4.82. The molecule has 0 spiro atoms. The number of amides is 2. The Balaban J connectivity index is 1.45. The van der Waals surface area contributed by atoms with Gasteiger partial charge in [0.25, 0.3) is 11.8 Å². The molecule has 35 heavy (non-hydrogen) atoms. The van der Waals surface area contributed by atoms with Crippen molar-refractivity contribution in [3.8, 4) is 5.75 Å². The first kappa shape index (κ1) is 22.7. The molecule has 0 saturated heterocycles. The molecule has 0 saturated carbocycles. The summed E-state index contributed by atoms with van der Waals surface area (Å²) in [5.74, 6) is 0.695. The van der Waals surface area contributed by atoms with Gasteiger partial charge in [-0.15, -0.1) is 0 Å². The van der Waals surface area contributed by atoms with Crippen LogP contribution in [-0.2, 0) is 6.42 Å². The highest BCUT2D eigenvalue weighted by atomic mass is 16.5. The van der Waals surface area contributed by atoms with Crippen molar-refractivity contribution in [1.29, 1.82) is 0 Å². The second-order valence-corrected chi connectivity index (χ2v) is 8.89. The number of aromatic amines is 1. The van der Waals surface area contributed by atoms with E-state index in [1.165, 1.54) is 12.7 Å². The van der Waals surface area contributed by atoms with Crippen LogP contribution >= 0.6 is 0 Å². The van der Waals surface area contributed by atoms with Crippen LogP contribution in [0.3, 0.4) is 0 Å². The molecule has 0 aliphatic carbocycles. The van der Waals surface area contributed by atoms with E-state index in [4.69, 9.17) is 4.74 Å². The third-order valence-corrected chi connectivity index (χ3v) is 6.49. The van der Waals surface area contributed by atoms with Crippen LogP contribution in [0.5, 0.6) is 5.75 Å². The van der Waals surface area contributed by atoms with Gasteiger partial charge in [0.05, 0.1) is 29.6 Å². The number of rotatable bonds is 4. The minimum absolute atomic E-state index is 0.0931. The van der Waals surface area contributed by atoms with Gasteiger partial charge >= 0.3 is 0 Å². The average Bonchev–Trinajstić information content (AvgIpc) is 3.11. The zero-order valence-corrected chi connectivity index (χ0v) is 20.1. The van der Waals surface area contributed by atoms with Gasteiger partial charge in [-0.1, -0.05) is 24.3 Å². The summed E-state index contributed by atoms with van der Waals surface area (Å²) < 4.78 is 5.54. The Labute approximate surface area is 204 Å². The Morgan fingerprint density at radius 3 is 2.71 bits per heavy atom. The van der Waals surface area contributed by atoms with E-state index in [2.05, 4.69) is 21.4 Å². The second-order valence-electron chi connectivity index (χ2n) is 8.89. The molecule has 0 atom stereocenters. The van der Waals surface area contributed by atoms with Crippen LogP contribution in [0.4, 0.5) is 11.4 Å². The summed E-state index contributed by atoms with van der Waals surface area (Å²) in [6, 6.07) is 16.8. The normalized spacial score (nSPS) is 13.3. The Hall–Kier alpha value is -4.13. The van der Waals surface area contributed by atoms with Crippen molar-refractivity contribution < 1.29 is 14.3 Å². The summed E-state index contributed by atoms with van der Waals surface area (Å²) in [5.41, 5.74) is 6.26. The molecule has 2 N–H and O–H groups in total. The van der Waals surface area contributed by atoms with Gasteiger partial charge in [0.15, 0.2) is 0 Å². The molecule has 178 valence electrons. The van der Waals surface area contributed by atoms with Crippen molar-refractivity contribution in [3.05, 3.63) is 82.7 Å². The Kier molecular flexibility index (Phi) is 5.99. The molecule has 0 unspecified atom stereocenters. The first-order valence-corrected chi connectivity index (χ1v) is 11.8. The highest BCUT2D eigenvalue weighted by molar-refractivity contribution is 6.11. The number of ether oxygens (including phenoxy) is 1. The number of hydrogen-bond donors (Lipinski definition) is 2. The largest absolute Gasteiger partial charge is 0.496 e. The summed E-state index contributed by atoms with van der Waals surface area (Å²) in [7, 11) is 1.50. The predicted octanol–water partition coefficient (Wildman–Crippen LogP) is 5.42. The molecule has 1 aliphatic heterocycles. The molecule has 0 radical (unpaired) electrons. The number of aromatic nitrogens is 2. The van der Waals surface area contributed by atoms with E-state index in [-0.39, 0.29) is 11.8 Å². The van der Waals surface area contributed by atoms with Crippen molar-refractivity contribution in [1.82, 2.24) is 9.97 Å². The first-order chi connectivity index (χ1) is 17.0. The maximum atomic E-state index is 13.6. The van der Waals surface area contributed by atoms with Crippen molar-refractivity contribution >= 4 is 34.2 Å². The fraction of sp³-hybridized carbons (Fsp3) is 0.250. The SMILES string of the molecule is COc1cc(C(=O)N2CCCCc3cccc(C)c32)ccc1C(=O)Nc1cccc2[nH]c(C)nc12. The maximum absolute atomic E-state index is 13.6. The van der Waals surface area contributed by atoms with Crippen LogP contribution in [0.2, 0.25) is 0 Å². The number of anilines is 2. The highest BCUT2D eigenvalue weighted by Crippen LogP contribution is 2.32. The summed E-state index contributed by atoms with van der Waals surface area (Å²) in [6.07, 6.45) is 2.95. The molecular weight excluding hydrogens is 440 g/mol. The number of carbonyl (C=O) groups is 2. The number of para-hydroxylation sites is 2. The zero-order valence-electron chi connectivity index (χ0n) is 20.1. The molecule has 5 rings (SSSR count). The predicted molar refractivity (Wildman–Crippen MR) is 138 cm³/mol. The number of imidazole rings is 1. The Morgan fingerprint density at radius 1 is 1.06 bits per heavy atom. The van der Waals surface area contributed by atoms with Gasteiger partial charge in [0, 0.05) is 12.1 Å². The molecular formula is C28H28N4O3. The fourth-order valence-corrected chi connectivity index (χ4v) is 4.82. The van der Waals surface area contributed by atoms with Gasteiger partial charge in [-0.05, 0) is 74.6 Å². The third-order valence-electron chi connectivity index (χ3n) is 6.49. The van der Waals surface area contributed by atoms with Crippen LogP contribution in [0.15, 0.2) is 54.6 Å². The van der Waals surface area contributed by atoms with Crippen LogP contribution in [-0.4, -0.2) is 35.4 Å². The monoisotopic (exact) mass is 468 g/mol. The quantitative estimate of drug-likeness (QED) is 0.418. The second kappa shape index (κ2) is 9.25. The molecule has 1 aliphatic rings. The minimum atomic E-state index is -0.329. The molecule has 3 aromatic carbocycles. The number of methoxy groups -OCH3 is 1. The molecule has 7 nitrogen and oxygen atoms in total. The van der Waals surface area contributed by atoms with Crippen molar-refractivity contribution in [3.63, 3.8) is 0 Å². The number of benzene rings is 3. The molecule has 7 heteroatoms. The lowest BCUT2D eigenvalue weighted by molar-refractivity contribution is 0.0982. The molecule has 4 aromatic rings. The molecule has 2 heterocycles. The van der Waals surface area contributed by atoms with Gasteiger partial charge in [-0.3, -0.25) is 9.59 Å². The van der Waals surface area contributed by atoms with Gasteiger partial charge in [-0.2, -0.15) is 0 Å². The van der Waals surface area contributed by atoms with Crippen molar-refractivity contribution in [2.45, 2.75) is 33.1 Å². The Morgan fingerprint density at radius 2 is 1.89 bits per heavy atom. The van der Waals surface area contributed by atoms with E-state index < -0.39 is 0 Å². The van der Waals surface area contributed by atoms with E-state index in [9.17, 15) is 9.59 Å². The number of H-pyrrole nitrogens is 1. The van der Waals surface area contributed by atoms with Gasteiger partial charge in [0.2, 0.25) is 0 Å². The van der Waals surface area contributed by atoms with Crippen LogP contribution in [0, 0.1) is 13.8 Å². The zero-order chi connectivity index (χ0) is 24.5.